The summed E-state index contributed by atoms with van der Waals surface area (Å²) in [5.41, 5.74) is 0.977. The summed E-state index contributed by atoms with van der Waals surface area (Å²) in [5, 5.41) is 3.33. The first-order valence-corrected chi connectivity index (χ1v) is 11.2. The molecule has 158 valence electrons. The number of sulfonamides is 1. The number of amides is 1. The number of ether oxygens (including phenoxy) is 1. The minimum atomic E-state index is -3.23. The Morgan fingerprint density at radius 2 is 1.93 bits per heavy atom. The molecule has 0 saturated carbocycles. The van der Waals surface area contributed by atoms with Gasteiger partial charge in [-0.3, -0.25) is 4.79 Å². The lowest BCUT2D eigenvalue weighted by Gasteiger charge is -2.37. The molecule has 1 atom stereocenters. The molecule has 3 rings (SSSR count). The molecule has 2 heterocycles. The molecule has 28 heavy (non-hydrogen) atoms. The number of carbonyl (C=O) groups excluding carboxylic acids is 1. The number of methoxy groups -OCH3 is 1. The molecule has 1 aromatic rings. The third-order valence-corrected chi connectivity index (χ3v) is 7.27. The van der Waals surface area contributed by atoms with Crippen LogP contribution in [0.3, 0.4) is 0 Å². The molecule has 1 N–H and O–H groups in total. The molecule has 0 bridgehead atoms. The molecule has 7 nitrogen and oxygen atoms in total. The minimum Gasteiger partial charge on any atom is -0.496 e. The van der Waals surface area contributed by atoms with E-state index >= 15 is 0 Å². The van der Waals surface area contributed by atoms with Gasteiger partial charge in [0.25, 0.3) is 0 Å². The molecule has 2 saturated heterocycles. The smallest absolute Gasteiger partial charge is 0.223 e. The number of carbonyl (C=O) groups is 1. The van der Waals surface area contributed by atoms with E-state index in [0.29, 0.717) is 32.6 Å². The second kappa shape index (κ2) is 10.4. The van der Waals surface area contributed by atoms with Gasteiger partial charge in [-0.1, -0.05) is 18.2 Å². The van der Waals surface area contributed by atoms with Gasteiger partial charge in [-0.05, 0) is 25.3 Å². The van der Waals surface area contributed by atoms with Gasteiger partial charge < -0.3 is 15.0 Å². The van der Waals surface area contributed by atoms with Gasteiger partial charge in [0.05, 0.1) is 18.9 Å². The molecular formula is C19H30ClN3O4S. The normalized spacial score (nSPS) is 20.6. The van der Waals surface area contributed by atoms with Crippen LogP contribution >= 0.6 is 12.4 Å². The lowest BCUT2D eigenvalue weighted by atomic mass is 10.0. The van der Waals surface area contributed by atoms with Crippen LogP contribution in [0.4, 0.5) is 0 Å². The number of halogens is 1. The zero-order valence-corrected chi connectivity index (χ0v) is 17.9. The standard InChI is InChI=1S/C19H29N3O4S.ClH/c1-26-18-8-3-2-7-16(18)17-15-20-10-13-22(17)19(23)9-6-14-27(24,25)21-11-4-5-12-21;/h2-3,7-8,17,20H,4-6,9-15H2,1H3;1H. The van der Waals surface area contributed by atoms with Crippen LogP contribution in [0, 0.1) is 0 Å². The van der Waals surface area contributed by atoms with E-state index in [-0.39, 0.29) is 36.5 Å². The molecule has 9 heteroatoms. The van der Waals surface area contributed by atoms with Crippen molar-refractivity contribution in [3.8, 4) is 5.75 Å². The Kier molecular flexibility index (Phi) is 8.55. The number of benzene rings is 1. The Bertz CT molecular complexity index is 753. The molecule has 1 unspecified atom stereocenters. The lowest BCUT2D eigenvalue weighted by molar-refractivity contribution is -0.134. The predicted molar refractivity (Wildman–Crippen MR) is 111 cm³/mol. The van der Waals surface area contributed by atoms with E-state index in [1.807, 2.05) is 29.2 Å². The van der Waals surface area contributed by atoms with Gasteiger partial charge in [-0.15, -0.1) is 12.4 Å². The fourth-order valence-corrected chi connectivity index (χ4v) is 5.45. The van der Waals surface area contributed by atoms with Crippen molar-refractivity contribution in [1.82, 2.24) is 14.5 Å². The highest BCUT2D eigenvalue weighted by molar-refractivity contribution is 7.89. The average Bonchev–Trinajstić information content (AvgIpc) is 3.23. The number of piperazine rings is 1. The Labute approximate surface area is 173 Å². The number of rotatable bonds is 7. The third-order valence-electron chi connectivity index (χ3n) is 5.31. The zero-order valence-electron chi connectivity index (χ0n) is 16.3. The highest BCUT2D eigenvalue weighted by Crippen LogP contribution is 2.30. The van der Waals surface area contributed by atoms with Crippen LogP contribution in [-0.2, 0) is 14.8 Å². The third kappa shape index (κ3) is 5.37. The van der Waals surface area contributed by atoms with Crippen molar-refractivity contribution in [2.75, 3.05) is 45.6 Å². The van der Waals surface area contributed by atoms with Crippen LogP contribution in [-0.4, -0.2) is 69.1 Å². The van der Waals surface area contributed by atoms with Crippen molar-refractivity contribution >= 4 is 28.3 Å². The van der Waals surface area contributed by atoms with Crippen LogP contribution in [0.25, 0.3) is 0 Å². The van der Waals surface area contributed by atoms with E-state index in [1.54, 1.807) is 11.4 Å². The molecule has 2 fully saturated rings. The van der Waals surface area contributed by atoms with E-state index in [9.17, 15) is 13.2 Å². The maximum Gasteiger partial charge on any atom is 0.223 e. The highest BCUT2D eigenvalue weighted by Gasteiger charge is 2.30. The molecule has 0 aromatic heterocycles. The Morgan fingerprint density at radius 3 is 2.64 bits per heavy atom. The van der Waals surface area contributed by atoms with Crippen molar-refractivity contribution in [2.45, 2.75) is 31.7 Å². The van der Waals surface area contributed by atoms with E-state index in [1.165, 1.54) is 0 Å². The van der Waals surface area contributed by atoms with Gasteiger partial charge in [0.1, 0.15) is 5.75 Å². The first-order valence-electron chi connectivity index (χ1n) is 9.64. The number of nitrogens with zero attached hydrogens (tertiary/aromatic N) is 2. The van der Waals surface area contributed by atoms with E-state index in [2.05, 4.69) is 5.32 Å². The van der Waals surface area contributed by atoms with Gasteiger partial charge in [-0.25, -0.2) is 12.7 Å². The number of nitrogens with one attached hydrogen (secondary N) is 1. The quantitative estimate of drug-likeness (QED) is 0.712. The summed E-state index contributed by atoms with van der Waals surface area (Å²) in [4.78, 5) is 14.7. The zero-order chi connectivity index (χ0) is 19.3. The molecule has 2 aliphatic rings. The van der Waals surface area contributed by atoms with Crippen molar-refractivity contribution in [3.63, 3.8) is 0 Å². The molecule has 1 aromatic carbocycles. The van der Waals surface area contributed by atoms with Crippen LogP contribution in [0.15, 0.2) is 24.3 Å². The summed E-state index contributed by atoms with van der Waals surface area (Å²) >= 11 is 0. The lowest BCUT2D eigenvalue weighted by Crippen LogP contribution is -2.48. The van der Waals surface area contributed by atoms with Gasteiger partial charge >= 0.3 is 0 Å². The average molecular weight is 432 g/mol. The van der Waals surface area contributed by atoms with Crippen molar-refractivity contribution in [2.24, 2.45) is 0 Å². The number of para-hydroxylation sites is 1. The van der Waals surface area contributed by atoms with E-state index < -0.39 is 10.0 Å². The van der Waals surface area contributed by atoms with Gasteiger partial charge in [0.15, 0.2) is 0 Å². The molecule has 2 aliphatic heterocycles. The van der Waals surface area contributed by atoms with Crippen LogP contribution < -0.4 is 10.1 Å². The minimum absolute atomic E-state index is 0. The van der Waals surface area contributed by atoms with E-state index in [0.717, 1.165) is 30.7 Å². The van der Waals surface area contributed by atoms with Crippen molar-refractivity contribution in [3.05, 3.63) is 29.8 Å². The summed E-state index contributed by atoms with van der Waals surface area (Å²) < 4.78 is 31.7. The number of hydrogen-bond acceptors (Lipinski definition) is 5. The van der Waals surface area contributed by atoms with Crippen LogP contribution in [0.2, 0.25) is 0 Å². The summed E-state index contributed by atoms with van der Waals surface area (Å²) in [6.07, 6.45) is 2.47. The van der Waals surface area contributed by atoms with Gasteiger partial charge in [0.2, 0.25) is 15.9 Å². The molecule has 1 amide bonds. The summed E-state index contributed by atoms with van der Waals surface area (Å²) in [6.45, 7) is 3.25. The monoisotopic (exact) mass is 431 g/mol. The summed E-state index contributed by atoms with van der Waals surface area (Å²) in [6, 6.07) is 7.63. The first-order chi connectivity index (χ1) is 13.0. The summed E-state index contributed by atoms with van der Waals surface area (Å²) in [7, 11) is -1.60. The SMILES string of the molecule is COc1ccccc1C1CNCCN1C(=O)CCCS(=O)(=O)N1CCCC1.Cl. The maximum absolute atomic E-state index is 12.8. The topological polar surface area (TPSA) is 79.0 Å². The molecule has 0 aliphatic carbocycles. The number of hydrogen-bond donors (Lipinski definition) is 1. The van der Waals surface area contributed by atoms with E-state index in [4.69, 9.17) is 4.74 Å². The largest absolute Gasteiger partial charge is 0.496 e. The maximum atomic E-state index is 12.8. The fourth-order valence-electron chi connectivity index (χ4n) is 3.87. The molecular weight excluding hydrogens is 402 g/mol. The Hall–Kier alpha value is -1.35. The van der Waals surface area contributed by atoms with Crippen LogP contribution in [0.5, 0.6) is 5.75 Å². The second-order valence-electron chi connectivity index (χ2n) is 7.07. The van der Waals surface area contributed by atoms with Gasteiger partial charge in [0, 0.05) is 44.7 Å². The van der Waals surface area contributed by atoms with Crippen LogP contribution in [0.1, 0.15) is 37.3 Å². The van der Waals surface area contributed by atoms with Crippen molar-refractivity contribution < 1.29 is 17.9 Å². The fraction of sp³-hybridized carbons (Fsp3) is 0.632. The van der Waals surface area contributed by atoms with Crippen molar-refractivity contribution in [1.29, 1.82) is 0 Å². The highest BCUT2D eigenvalue weighted by atomic mass is 35.5. The summed E-state index contributed by atoms with van der Waals surface area (Å²) in [5.74, 6) is 0.814. The Morgan fingerprint density at radius 1 is 1.21 bits per heavy atom. The van der Waals surface area contributed by atoms with Gasteiger partial charge in [-0.2, -0.15) is 0 Å². The molecule has 0 radical (unpaired) electrons. The molecule has 0 spiro atoms. The predicted octanol–water partition coefficient (Wildman–Crippen LogP) is 1.80. The Balaban J connectivity index is 0.00000280. The first kappa shape index (κ1) is 22.9. The second-order valence-corrected chi connectivity index (χ2v) is 9.16.